The van der Waals surface area contributed by atoms with E-state index in [1.807, 2.05) is 0 Å². The van der Waals surface area contributed by atoms with Gasteiger partial charge in [0.1, 0.15) is 0 Å². The van der Waals surface area contributed by atoms with Crippen LogP contribution >= 0.6 is 0 Å². The van der Waals surface area contributed by atoms with Crippen LogP contribution in [0.3, 0.4) is 0 Å². The molecular formula is C15H23N3O. The van der Waals surface area contributed by atoms with E-state index in [0.717, 1.165) is 17.6 Å². The van der Waals surface area contributed by atoms with Gasteiger partial charge in [-0.25, -0.2) is 0 Å². The highest BCUT2D eigenvalue weighted by Crippen LogP contribution is 2.52. The van der Waals surface area contributed by atoms with E-state index in [-0.39, 0.29) is 6.04 Å². The highest BCUT2D eigenvalue weighted by molar-refractivity contribution is 5.12. The van der Waals surface area contributed by atoms with Crippen molar-refractivity contribution in [2.45, 2.75) is 63.3 Å². The molecule has 2 N–H and O–H groups in total. The SMILES string of the molecule is CC1CCC(c2noc(C3C4CCC(C4)C3N)n2)C1. The molecule has 1 aromatic rings. The fourth-order valence-corrected chi connectivity index (χ4v) is 4.69. The Balaban J connectivity index is 1.55. The third kappa shape index (κ3) is 1.83. The lowest BCUT2D eigenvalue weighted by atomic mass is 9.85. The molecule has 4 rings (SSSR count). The summed E-state index contributed by atoms with van der Waals surface area (Å²) >= 11 is 0. The summed E-state index contributed by atoms with van der Waals surface area (Å²) < 4.78 is 5.58. The van der Waals surface area contributed by atoms with Crippen LogP contribution in [0.15, 0.2) is 4.52 Å². The number of nitrogens with zero attached hydrogens (tertiary/aromatic N) is 2. The largest absolute Gasteiger partial charge is 0.339 e. The molecule has 3 fully saturated rings. The lowest BCUT2D eigenvalue weighted by Gasteiger charge is -2.24. The monoisotopic (exact) mass is 261 g/mol. The van der Waals surface area contributed by atoms with Crippen LogP contribution < -0.4 is 5.73 Å². The van der Waals surface area contributed by atoms with Gasteiger partial charge in [0.05, 0.1) is 5.92 Å². The van der Waals surface area contributed by atoms with Crippen LogP contribution in [0.1, 0.15) is 69.0 Å². The van der Waals surface area contributed by atoms with Crippen LogP contribution in [0.2, 0.25) is 0 Å². The van der Waals surface area contributed by atoms with Crippen LogP contribution in [0.4, 0.5) is 0 Å². The summed E-state index contributed by atoms with van der Waals surface area (Å²) in [7, 11) is 0. The van der Waals surface area contributed by atoms with Gasteiger partial charge in [0.25, 0.3) is 0 Å². The highest BCUT2D eigenvalue weighted by atomic mass is 16.5. The third-order valence-electron chi connectivity index (χ3n) is 5.78. The number of nitrogens with two attached hydrogens (primary N) is 1. The maximum Gasteiger partial charge on any atom is 0.231 e. The van der Waals surface area contributed by atoms with Crippen molar-refractivity contribution in [3.8, 4) is 0 Å². The predicted octanol–water partition coefficient (Wildman–Crippen LogP) is 2.81. The Bertz CT molecular complexity index is 470. The first kappa shape index (κ1) is 11.9. The van der Waals surface area contributed by atoms with Gasteiger partial charge in [-0.2, -0.15) is 4.98 Å². The molecule has 0 spiro atoms. The zero-order valence-corrected chi connectivity index (χ0v) is 11.6. The molecule has 0 aliphatic heterocycles. The Morgan fingerprint density at radius 1 is 1.11 bits per heavy atom. The van der Waals surface area contributed by atoms with Gasteiger partial charge in [-0.15, -0.1) is 0 Å². The summed E-state index contributed by atoms with van der Waals surface area (Å²) in [6, 6.07) is 0.245. The minimum Gasteiger partial charge on any atom is -0.339 e. The van der Waals surface area contributed by atoms with E-state index in [2.05, 4.69) is 12.1 Å². The van der Waals surface area contributed by atoms with E-state index in [0.29, 0.717) is 23.7 Å². The Kier molecular flexibility index (Phi) is 2.69. The van der Waals surface area contributed by atoms with Crippen molar-refractivity contribution in [2.75, 3.05) is 0 Å². The topological polar surface area (TPSA) is 64.9 Å². The molecule has 4 nitrogen and oxygen atoms in total. The second-order valence-electron chi connectivity index (χ2n) is 7.04. The van der Waals surface area contributed by atoms with E-state index in [4.69, 9.17) is 15.2 Å². The summed E-state index contributed by atoms with van der Waals surface area (Å²) in [5.74, 6) is 4.80. The smallest absolute Gasteiger partial charge is 0.231 e. The fraction of sp³-hybridized carbons (Fsp3) is 0.867. The molecular weight excluding hydrogens is 238 g/mol. The molecule has 0 saturated heterocycles. The standard InChI is InChI=1S/C15H23N3O/c1-8-2-3-11(6-8)14-17-15(19-18-14)12-9-4-5-10(7-9)13(12)16/h8-13H,2-7,16H2,1H3. The lowest BCUT2D eigenvalue weighted by molar-refractivity contribution is 0.278. The Morgan fingerprint density at radius 2 is 1.95 bits per heavy atom. The van der Waals surface area contributed by atoms with Gasteiger partial charge in [0.15, 0.2) is 5.82 Å². The van der Waals surface area contributed by atoms with Gasteiger partial charge in [0.2, 0.25) is 5.89 Å². The first-order chi connectivity index (χ1) is 9.22. The van der Waals surface area contributed by atoms with Crippen molar-refractivity contribution in [3.63, 3.8) is 0 Å². The predicted molar refractivity (Wildman–Crippen MR) is 71.6 cm³/mol. The minimum absolute atomic E-state index is 0.245. The van der Waals surface area contributed by atoms with Gasteiger partial charge in [-0.05, 0) is 56.3 Å². The molecule has 0 radical (unpaired) electrons. The van der Waals surface area contributed by atoms with Gasteiger partial charge >= 0.3 is 0 Å². The maximum absolute atomic E-state index is 6.35. The van der Waals surface area contributed by atoms with Gasteiger partial charge < -0.3 is 10.3 Å². The third-order valence-corrected chi connectivity index (χ3v) is 5.78. The number of fused-ring (bicyclic) bond motifs is 2. The lowest BCUT2D eigenvalue weighted by Crippen LogP contribution is -2.34. The molecule has 104 valence electrons. The van der Waals surface area contributed by atoms with E-state index in [1.54, 1.807) is 0 Å². The summed E-state index contributed by atoms with van der Waals surface area (Å²) in [5.41, 5.74) is 6.35. The molecule has 19 heavy (non-hydrogen) atoms. The van der Waals surface area contributed by atoms with Crippen molar-refractivity contribution in [2.24, 2.45) is 23.5 Å². The number of hydrogen-bond donors (Lipinski definition) is 1. The van der Waals surface area contributed by atoms with Crippen molar-refractivity contribution >= 4 is 0 Å². The summed E-state index contributed by atoms with van der Waals surface area (Å²) in [5, 5.41) is 4.25. The van der Waals surface area contributed by atoms with Gasteiger partial charge in [-0.3, -0.25) is 0 Å². The van der Waals surface area contributed by atoms with Crippen molar-refractivity contribution in [1.29, 1.82) is 0 Å². The van der Waals surface area contributed by atoms with E-state index >= 15 is 0 Å². The molecule has 2 bridgehead atoms. The highest BCUT2D eigenvalue weighted by Gasteiger charge is 2.49. The zero-order chi connectivity index (χ0) is 13.0. The number of hydrogen-bond acceptors (Lipinski definition) is 4. The van der Waals surface area contributed by atoms with E-state index < -0.39 is 0 Å². The molecule has 3 aliphatic carbocycles. The Hall–Kier alpha value is -0.900. The van der Waals surface area contributed by atoms with Crippen molar-refractivity contribution in [3.05, 3.63) is 11.7 Å². The first-order valence-corrected chi connectivity index (χ1v) is 7.81. The zero-order valence-electron chi connectivity index (χ0n) is 11.6. The van der Waals surface area contributed by atoms with Crippen LogP contribution in [-0.4, -0.2) is 16.2 Å². The molecule has 0 aromatic carbocycles. The molecule has 6 atom stereocenters. The van der Waals surface area contributed by atoms with Crippen LogP contribution in [0, 0.1) is 17.8 Å². The second kappa shape index (κ2) is 4.30. The quantitative estimate of drug-likeness (QED) is 0.889. The fourth-order valence-electron chi connectivity index (χ4n) is 4.69. The molecule has 6 unspecified atom stereocenters. The molecule has 4 heteroatoms. The summed E-state index contributed by atoms with van der Waals surface area (Å²) in [6.07, 6.45) is 7.57. The van der Waals surface area contributed by atoms with Crippen LogP contribution in [-0.2, 0) is 0 Å². The van der Waals surface area contributed by atoms with Gasteiger partial charge in [-0.1, -0.05) is 12.1 Å². The van der Waals surface area contributed by atoms with Crippen molar-refractivity contribution < 1.29 is 4.52 Å². The minimum atomic E-state index is 0.245. The average Bonchev–Trinajstić information content (AvgIpc) is 3.10. The molecule has 3 aliphatic rings. The number of aromatic nitrogens is 2. The van der Waals surface area contributed by atoms with E-state index in [1.165, 1.54) is 38.5 Å². The molecule has 1 aromatic heterocycles. The second-order valence-corrected chi connectivity index (χ2v) is 7.04. The summed E-state index contributed by atoms with van der Waals surface area (Å²) in [6.45, 7) is 2.31. The normalized spacial score (nSPS) is 45.2. The first-order valence-electron chi connectivity index (χ1n) is 7.81. The van der Waals surface area contributed by atoms with E-state index in [9.17, 15) is 0 Å². The maximum atomic E-state index is 6.35. The number of rotatable bonds is 2. The van der Waals surface area contributed by atoms with Crippen LogP contribution in [0.5, 0.6) is 0 Å². The average molecular weight is 261 g/mol. The van der Waals surface area contributed by atoms with Gasteiger partial charge in [0, 0.05) is 12.0 Å². The summed E-state index contributed by atoms with van der Waals surface area (Å²) in [4.78, 5) is 4.72. The molecule has 1 heterocycles. The van der Waals surface area contributed by atoms with Crippen molar-refractivity contribution in [1.82, 2.24) is 10.1 Å². The molecule has 0 amide bonds. The van der Waals surface area contributed by atoms with Crippen LogP contribution in [0.25, 0.3) is 0 Å². The molecule has 3 saturated carbocycles. The Morgan fingerprint density at radius 3 is 2.63 bits per heavy atom. The Labute approximate surface area is 114 Å².